The van der Waals surface area contributed by atoms with Crippen LogP contribution >= 0.6 is 11.3 Å². The first kappa shape index (κ1) is 11.6. The van der Waals surface area contributed by atoms with Crippen LogP contribution in [0.3, 0.4) is 0 Å². The van der Waals surface area contributed by atoms with Gasteiger partial charge in [0.25, 0.3) is 0 Å². The van der Waals surface area contributed by atoms with Crippen LogP contribution in [0, 0.1) is 5.82 Å². The zero-order valence-electron chi connectivity index (χ0n) is 9.63. The standard InChI is InChI=1S/C14H17FS/c1-2-3-4-5-7-11-10-16-13-9-6-8-12(15)14(11)13/h6,8-10H,2-5,7H2,1H3. The highest BCUT2D eigenvalue weighted by Crippen LogP contribution is 2.29. The lowest BCUT2D eigenvalue weighted by atomic mass is 10.1. The van der Waals surface area contributed by atoms with E-state index in [1.165, 1.54) is 31.2 Å². The Bertz CT molecular complexity index is 459. The van der Waals surface area contributed by atoms with Gasteiger partial charge in [-0.2, -0.15) is 0 Å². The summed E-state index contributed by atoms with van der Waals surface area (Å²) in [5.41, 5.74) is 1.19. The molecular weight excluding hydrogens is 219 g/mol. The highest BCUT2D eigenvalue weighted by molar-refractivity contribution is 7.17. The summed E-state index contributed by atoms with van der Waals surface area (Å²) >= 11 is 1.65. The fourth-order valence-electron chi connectivity index (χ4n) is 2.03. The van der Waals surface area contributed by atoms with Crippen LogP contribution in [-0.2, 0) is 6.42 Å². The van der Waals surface area contributed by atoms with Gasteiger partial charge in [0.15, 0.2) is 0 Å². The van der Waals surface area contributed by atoms with Crippen LogP contribution in [-0.4, -0.2) is 0 Å². The van der Waals surface area contributed by atoms with Crippen LogP contribution in [0.1, 0.15) is 38.2 Å². The van der Waals surface area contributed by atoms with E-state index < -0.39 is 0 Å². The second-order valence-corrected chi connectivity index (χ2v) is 5.10. The van der Waals surface area contributed by atoms with Crippen LogP contribution in [0.4, 0.5) is 4.39 Å². The number of unbranched alkanes of at least 4 members (excludes halogenated alkanes) is 3. The topological polar surface area (TPSA) is 0 Å². The van der Waals surface area contributed by atoms with Crippen LogP contribution < -0.4 is 0 Å². The number of fused-ring (bicyclic) bond motifs is 1. The fourth-order valence-corrected chi connectivity index (χ4v) is 3.04. The second kappa shape index (κ2) is 5.44. The minimum Gasteiger partial charge on any atom is -0.206 e. The lowest BCUT2D eigenvalue weighted by molar-refractivity contribution is 0.636. The molecule has 0 radical (unpaired) electrons. The summed E-state index contributed by atoms with van der Waals surface area (Å²) in [7, 11) is 0. The highest BCUT2D eigenvalue weighted by Gasteiger charge is 2.07. The van der Waals surface area contributed by atoms with E-state index >= 15 is 0 Å². The third-order valence-corrected chi connectivity index (χ3v) is 3.92. The van der Waals surface area contributed by atoms with E-state index in [1.807, 2.05) is 6.07 Å². The smallest absolute Gasteiger partial charge is 0.132 e. The van der Waals surface area contributed by atoms with Crippen molar-refractivity contribution < 1.29 is 4.39 Å². The molecule has 0 saturated heterocycles. The first-order valence-corrected chi connectivity index (χ1v) is 6.85. The molecule has 1 heterocycles. The Morgan fingerprint density at radius 2 is 2.06 bits per heavy atom. The van der Waals surface area contributed by atoms with Gasteiger partial charge >= 0.3 is 0 Å². The summed E-state index contributed by atoms with van der Waals surface area (Å²) in [6, 6.07) is 5.35. The number of hydrogen-bond acceptors (Lipinski definition) is 1. The first-order chi connectivity index (χ1) is 7.83. The summed E-state index contributed by atoms with van der Waals surface area (Å²) < 4.78 is 14.7. The molecule has 0 atom stereocenters. The van der Waals surface area contributed by atoms with E-state index in [2.05, 4.69) is 12.3 Å². The fraction of sp³-hybridized carbons (Fsp3) is 0.429. The van der Waals surface area contributed by atoms with Crippen LogP contribution in [0.15, 0.2) is 23.6 Å². The van der Waals surface area contributed by atoms with Crippen molar-refractivity contribution in [2.45, 2.75) is 39.0 Å². The molecule has 0 aliphatic rings. The molecule has 0 aliphatic carbocycles. The summed E-state index contributed by atoms with van der Waals surface area (Å²) in [5.74, 6) is -0.0655. The Morgan fingerprint density at radius 1 is 1.19 bits per heavy atom. The minimum atomic E-state index is -0.0655. The lowest BCUT2D eigenvalue weighted by Crippen LogP contribution is -1.86. The van der Waals surface area contributed by atoms with E-state index in [4.69, 9.17) is 0 Å². The van der Waals surface area contributed by atoms with Gasteiger partial charge in [0, 0.05) is 10.1 Å². The molecule has 0 saturated carbocycles. The molecule has 0 spiro atoms. The zero-order chi connectivity index (χ0) is 11.4. The van der Waals surface area contributed by atoms with E-state index in [0.29, 0.717) is 0 Å². The molecule has 0 N–H and O–H groups in total. The van der Waals surface area contributed by atoms with Gasteiger partial charge in [-0.05, 0) is 35.9 Å². The van der Waals surface area contributed by atoms with Gasteiger partial charge < -0.3 is 0 Å². The van der Waals surface area contributed by atoms with E-state index in [-0.39, 0.29) is 5.82 Å². The van der Waals surface area contributed by atoms with Crippen molar-refractivity contribution in [2.75, 3.05) is 0 Å². The van der Waals surface area contributed by atoms with Gasteiger partial charge in [0.1, 0.15) is 5.82 Å². The third kappa shape index (κ3) is 2.43. The number of benzene rings is 1. The molecule has 16 heavy (non-hydrogen) atoms. The molecule has 1 aromatic carbocycles. The Kier molecular flexibility index (Phi) is 3.94. The van der Waals surface area contributed by atoms with Crippen molar-refractivity contribution >= 4 is 21.4 Å². The molecule has 1 aromatic heterocycles. The second-order valence-electron chi connectivity index (χ2n) is 4.18. The molecule has 0 unspecified atom stereocenters. The number of thiophene rings is 1. The van der Waals surface area contributed by atoms with Crippen molar-refractivity contribution in [3.63, 3.8) is 0 Å². The first-order valence-electron chi connectivity index (χ1n) is 5.97. The lowest BCUT2D eigenvalue weighted by Gasteiger charge is -2.00. The van der Waals surface area contributed by atoms with Gasteiger partial charge in [-0.25, -0.2) is 4.39 Å². The summed E-state index contributed by atoms with van der Waals surface area (Å²) in [6.07, 6.45) is 5.97. The number of hydrogen-bond donors (Lipinski definition) is 0. The van der Waals surface area contributed by atoms with Crippen molar-refractivity contribution in [1.29, 1.82) is 0 Å². The Balaban J connectivity index is 2.12. The maximum Gasteiger partial charge on any atom is 0.132 e. The molecule has 0 fully saturated rings. The van der Waals surface area contributed by atoms with E-state index in [1.54, 1.807) is 23.5 Å². The molecule has 0 bridgehead atoms. The minimum absolute atomic E-state index is 0.0655. The van der Waals surface area contributed by atoms with E-state index in [0.717, 1.165) is 16.5 Å². The average Bonchev–Trinajstić information content (AvgIpc) is 2.69. The SMILES string of the molecule is CCCCCCc1csc2cccc(F)c12. The maximum atomic E-state index is 13.7. The summed E-state index contributed by atoms with van der Waals surface area (Å²) in [6.45, 7) is 2.21. The largest absolute Gasteiger partial charge is 0.206 e. The van der Waals surface area contributed by atoms with E-state index in [9.17, 15) is 4.39 Å². The van der Waals surface area contributed by atoms with Crippen LogP contribution in [0.5, 0.6) is 0 Å². The van der Waals surface area contributed by atoms with Gasteiger partial charge in [0.05, 0.1) is 0 Å². The third-order valence-electron chi connectivity index (χ3n) is 2.92. The molecular formula is C14H17FS. The predicted molar refractivity (Wildman–Crippen MR) is 69.6 cm³/mol. The van der Waals surface area contributed by atoms with Gasteiger partial charge in [0.2, 0.25) is 0 Å². The number of rotatable bonds is 5. The van der Waals surface area contributed by atoms with Crippen molar-refractivity contribution in [3.8, 4) is 0 Å². The molecule has 2 rings (SSSR count). The Labute approximate surface area is 100 Å². The summed E-state index contributed by atoms with van der Waals surface area (Å²) in [4.78, 5) is 0. The number of halogens is 1. The normalized spacial score (nSPS) is 11.1. The van der Waals surface area contributed by atoms with Gasteiger partial charge in [-0.1, -0.05) is 32.3 Å². The molecule has 0 nitrogen and oxygen atoms in total. The Morgan fingerprint density at radius 3 is 2.88 bits per heavy atom. The zero-order valence-corrected chi connectivity index (χ0v) is 10.4. The number of aryl methyl sites for hydroxylation is 1. The summed E-state index contributed by atoms with van der Waals surface area (Å²) in [5, 5.41) is 2.96. The van der Waals surface area contributed by atoms with Crippen molar-refractivity contribution in [2.24, 2.45) is 0 Å². The monoisotopic (exact) mass is 236 g/mol. The molecule has 86 valence electrons. The predicted octanol–water partition coefficient (Wildman–Crippen LogP) is 5.16. The van der Waals surface area contributed by atoms with Gasteiger partial charge in [-0.15, -0.1) is 11.3 Å². The molecule has 2 aromatic rings. The average molecular weight is 236 g/mol. The van der Waals surface area contributed by atoms with Crippen molar-refractivity contribution in [3.05, 3.63) is 35.0 Å². The van der Waals surface area contributed by atoms with Gasteiger partial charge in [-0.3, -0.25) is 0 Å². The molecule has 0 amide bonds. The molecule has 0 aliphatic heterocycles. The van der Waals surface area contributed by atoms with Crippen LogP contribution in [0.25, 0.3) is 10.1 Å². The van der Waals surface area contributed by atoms with Crippen LogP contribution in [0.2, 0.25) is 0 Å². The quantitative estimate of drug-likeness (QED) is 0.629. The Hall–Kier alpha value is -0.890. The molecule has 2 heteroatoms. The van der Waals surface area contributed by atoms with Crippen molar-refractivity contribution in [1.82, 2.24) is 0 Å². The highest BCUT2D eigenvalue weighted by atomic mass is 32.1. The maximum absolute atomic E-state index is 13.7.